The number of aromatic nitrogens is 1. The van der Waals surface area contributed by atoms with Crippen molar-refractivity contribution in [2.75, 3.05) is 26.3 Å². The van der Waals surface area contributed by atoms with Crippen LogP contribution in [0.1, 0.15) is 11.1 Å². The van der Waals surface area contributed by atoms with E-state index in [1.807, 2.05) is 30.5 Å². The molecule has 0 N–H and O–H groups in total. The van der Waals surface area contributed by atoms with Gasteiger partial charge in [-0.05, 0) is 45.9 Å². The number of benzene rings is 2. The molecule has 0 aliphatic carbocycles. The molecule has 2 aromatic carbocycles. The van der Waals surface area contributed by atoms with Crippen LogP contribution in [-0.4, -0.2) is 36.2 Å². The Labute approximate surface area is 167 Å². The molecule has 2 heterocycles. The Bertz CT molecular complexity index is 880. The Balaban J connectivity index is 1.64. The lowest BCUT2D eigenvalue weighted by atomic mass is 10.1. The van der Waals surface area contributed by atoms with Crippen LogP contribution in [0.25, 0.3) is 10.9 Å². The molecule has 0 saturated carbocycles. The molecule has 26 heavy (non-hydrogen) atoms. The van der Waals surface area contributed by atoms with E-state index in [2.05, 4.69) is 56.7 Å². The van der Waals surface area contributed by atoms with E-state index in [9.17, 15) is 0 Å². The predicted octanol–water partition coefficient (Wildman–Crippen LogP) is 4.25. The van der Waals surface area contributed by atoms with E-state index in [1.54, 1.807) is 0 Å². The second-order valence-corrected chi connectivity index (χ2v) is 7.57. The molecule has 1 aromatic heterocycles. The number of ether oxygens (including phenoxy) is 2. The standard InChI is InChI=1S/C21H21IN2O2/c22-19-13-17(14-24-9-11-25-12-10-24)18-7-4-8-23-20(18)21(19)26-15-16-5-2-1-3-6-16/h1-8,13H,9-12,14-15H2. The van der Waals surface area contributed by atoms with E-state index >= 15 is 0 Å². The average molecular weight is 460 g/mol. The highest BCUT2D eigenvalue weighted by molar-refractivity contribution is 14.1. The maximum atomic E-state index is 6.18. The molecule has 0 bridgehead atoms. The first-order valence-electron chi connectivity index (χ1n) is 8.84. The van der Waals surface area contributed by atoms with Crippen LogP contribution in [-0.2, 0) is 17.9 Å². The fourth-order valence-corrected chi connectivity index (χ4v) is 4.04. The zero-order valence-electron chi connectivity index (χ0n) is 14.5. The van der Waals surface area contributed by atoms with Crippen molar-refractivity contribution >= 4 is 33.5 Å². The van der Waals surface area contributed by atoms with Gasteiger partial charge in [-0.25, -0.2) is 0 Å². The molecule has 1 saturated heterocycles. The molecule has 0 amide bonds. The van der Waals surface area contributed by atoms with Gasteiger partial charge in [-0.15, -0.1) is 0 Å². The summed E-state index contributed by atoms with van der Waals surface area (Å²) < 4.78 is 12.7. The van der Waals surface area contributed by atoms with Gasteiger partial charge < -0.3 is 9.47 Å². The van der Waals surface area contributed by atoms with E-state index in [0.717, 1.165) is 53.2 Å². The Morgan fingerprint density at radius 1 is 1.08 bits per heavy atom. The van der Waals surface area contributed by atoms with Gasteiger partial charge >= 0.3 is 0 Å². The summed E-state index contributed by atoms with van der Waals surface area (Å²) in [6.07, 6.45) is 1.84. The van der Waals surface area contributed by atoms with E-state index in [1.165, 1.54) is 10.9 Å². The highest BCUT2D eigenvalue weighted by Gasteiger charge is 2.17. The van der Waals surface area contributed by atoms with Crippen molar-refractivity contribution in [1.29, 1.82) is 0 Å². The van der Waals surface area contributed by atoms with Crippen molar-refractivity contribution in [3.05, 3.63) is 69.4 Å². The summed E-state index contributed by atoms with van der Waals surface area (Å²) in [7, 11) is 0. The minimum absolute atomic E-state index is 0.547. The number of morpholine rings is 1. The second-order valence-electron chi connectivity index (χ2n) is 6.41. The number of fused-ring (bicyclic) bond motifs is 1. The third-order valence-electron chi connectivity index (χ3n) is 4.61. The molecule has 0 spiro atoms. The first kappa shape index (κ1) is 17.7. The summed E-state index contributed by atoms with van der Waals surface area (Å²) >= 11 is 2.36. The molecule has 0 radical (unpaired) electrons. The average Bonchev–Trinajstić information content (AvgIpc) is 2.69. The molecule has 1 aliphatic rings. The summed E-state index contributed by atoms with van der Waals surface area (Å²) in [6, 6.07) is 16.6. The Kier molecular flexibility index (Phi) is 5.67. The first-order chi connectivity index (χ1) is 12.8. The number of hydrogen-bond donors (Lipinski definition) is 0. The van der Waals surface area contributed by atoms with Crippen molar-refractivity contribution < 1.29 is 9.47 Å². The molecular formula is C21H21IN2O2. The summed E-state index contributed by atoms with van der Waals surface area (Å²) in [5, 5.41) is 1.17. The predicted molar refractivity (Wildman–Crippen MR) is 111 cm³/mol. The summed E-state index contributed by atoms with van der Waals surface area (Å²) in [5.74, 6) is 0.871. The molecule has 4 rings (SSSR count). The monoisotopic (exact) mass is 460 g/mol. The minimum atomic E-state index is 0.547. The zero-order valence-corrected chi connectivity index (χ0v) is 16.7. The van der Waals surface area contributed by atoms with Gasteiger partial charge in [-0.1, -0.05) is 36.4 Å². The van der Waals surface area contributed by atoms with Crippen LogP contribution < -0.4 is 4.74 Å². The maximum absolute atomic E-state index is 6.18. The van der Waals surface area contributed by atoms with Crippen molar-refractivity contribution in [2.24, 2.45) is 0 Å². The van der Waals surface area contributed by atoms with Gasteiger partial charge in [0.15, 0.2) is 5.75 Å². The lowest BCUT2D eigenvalue weighted by Gasteiger charge is -2.27. The third kappa shape index (κ3) is 4.00. The Morgan fingerprint density at radius 2 is 1.88 bits per heavy atom. The van der Waals surface area contributed by atoms with Crippen LogP contribution in [0.2, 0.25) is 0 Å². The molecule has 5 heteroatoms. The molecule has 0 atom stereocenters. The van der Waals surface area contributed by atoms with Crippen molar-refractivity contribution in [3.8, 4) is 5.75 Å². The number of pyridine rings is 1. The smallest absolute Gasteiger partial charge is 0.159 e. The van der Waals surface area contributed by atoms with Gasteiger partial charge in [-0.2, -0.15) is 0 Å². The fraction of sp³-hybridized carbons (Fsp3) is 0.286. The van der Waals surface area contributed by atoms with Crippen LogP contribution in [0, 0.1) is 3.57 Å². The van der Waals surface area contributed by atoms with Crippen LogP contribution in [0.15, 0.2) is 54.7 Å². The van der Waals surface area contributed by atoms with Gasteiger partial charge in [0.2, 0.25) is 0 Å². The Hall–Kier alpha value is -1.70. The Morgan fingerprint density at radius 3 is 2.69 bits per heavy atom. The van der Waals surface area contributed by atoms with Crippen molar-refractivity contribution in [1.82, 2.24) is 9.88 Å². The zero-order chi connectivity index (χ0) is 17.8. The minimum Gasteiger partial charge on any atom is -0.485 e. The highest BCUT2D eigenvalue weighted by atomic mass is 127. The summed E-state index contributed by atoms with van der Waals surface area (Å²) in [4.78, 5) is 7.07. The lowest BCUT2D eigenvalue weighted by molar-refractivity contribution is 0.0343. The molecule has 1 fully saturated rings. The molecule has 3 aromatic rings. The van der Waals surface area contributed by atoms with Crippen LogP contribution in [0.3, 0.4) is 0 Å². The first-order valence-corrected chi connectivity index (χ1v) is 9.92. The largest absolute Gasteiger partial charge is 0.485 e. The number of rotatable bonds is 5. The van der Waals surface area contributed by atoms with Gasteiger partial charge in [0.05, 0.1) is 16.8 Å². The summed E-state index contributed by atoms with van der Waals surface area (Å²) in [6.45, 7) is 5.04. The van der Waals surface area contributed by atoms with Gasteiger partial charge in [0, 0.05) is 31.2 Å². The topological polar surface area (TPSA) is 34.6 Å². The van der Waals surface area contributed by atoms with E-state index in [-0.39, 0.29) is 0 Å². The molecule has 134 valence electrons. The normalized spacial score (nSPS) is 15.3. The lowest BCUT2D eigenvalue weighted by Crippen LogP contribution is -2.35. The highest BCUT2D eigenvalue weighted by Crippen LogP contribution is 2.33. The number of hydrogen-bond acceptors (Lipinski definition) is 4. The molecule has 0 unspecified atom stereocenters. The van der Waals surface area contributed by atoms with Crippen LogP contribution >= 0.6 is 22.6 Å². The van der Waals surface area contributed by atoms with Gasteiger partial charge in [0.25, 0.3) is 0 Å². The number of nitrogens with zero attached hydrogens (tertiary/aromatic N) is 2. The van der Waals surface area contributed by atoms with Crippen LogP contribution in [0.4, 0.5) is 0 Å². The maximum Gasteiger partial charge on any atom is 0.159 e. The number of halogens is 1. The van der Waals surface area contributed by atoms with Crippen molar-refractivity contribution in [2.45, 2.75) is 13.2 Å². The summed E-state index contributed by atoms with van der Waals surface area (Å²) in [5.41, 5.74) is 3.40. The van der Waals surface area contributed by atoms with E-state index in [4.69, 9.17) is 9.47 Å². The van der Waals surface area contributed by atoms with Crippen molar-refractivity contribution in [3.63, 3.8) is 0 Å². The van der Waals surface area contributed by atoms with Gasteiger partial charge in [0.1, 0.15) is 12.1 Å². The van der Waals surface area contributed by atoms with E-state index in [0.29, 0.717) is 6.61 Å². The van der Waals surface area contributed by atoms with E-state index < -0.39 is 0 Å². The quantitative estimate of drug-likeness (QED) is 0.534. The van der Waals surface area contributed by atoms with Crippen LogP contribution in [0.5, 0.6) is 5.75 Å². The fourth-order valence-electron chi connectivity index (χ4n) is 3.25. The third-order valence-corrected chi connectivity index (χ3v) is 5.41. The second kappa shape index (κ2) is 8.33. The SMILES string of the molecule is Ic1cc(CN2CCOCC2)c2cccnc2c1OCc1ccccc1. The molecular weight excluding hydrogens is 439 g/mol. The van der Waals surface area contributed by atoms with Gasteiger partial charge in [-0.3, -0.25) is 9.88 Å². The molecule has 4 nitrogen and oxygen atoms in total. The molecule has 1 aliphatic heterocycles.